The molecule has 11 heteroatoms. The highest BCUT2D eigenvalue weighted by Crippen LogP contribution is 2.34. The van der Waals surface area contributed by atoms with Crippen LogP contribution in [0.1, 0.15) is 24.8 Å². The minimum absolute atomic E-state index is 0.0967. The van der Waals surface area contributed by atoms with Crippen molar-refractivity contribution in [2.75, 3.05) is 31.6 Å². The molecule has 0 unspecified atom stereocenters. The first-order valence-electron chi connectivity index (χ1n) is 10.5. The number of nitrogens with one attached hydrogen (secondary N) is 1. The summed E-state index contributed by atoms with van der Waals surface area (Å²) in [6, 6.07) is 8.72. The van der Waals surface area contributed by atoms with E-state index in [1.54, 1.807) is 6.07 Å². The molecule has 0 radical (unpaired) electrons. The Morgan fingerprint density at radius 2 is 1.61 bits per heavy atom. The van der Waals surface area contributed by atoms with E-state index in [-0.39, 0.29) is 29.6 Å². The Morgan fingerprint density at radius 3 is 2.24 bits per heavy atom. The number of carbonyl (C=O) groups is 1. The summed E-state index contributed by atoms with van der Waals surface area (Å²) in [6.07, 6.45) is -3.14. The van der Waals surface area contributed by atoms with E-state index < -0.39 is 27.7 Å². The van der Waals surface area contributed by atoms with Gasteiger partial charge in [-0.1, -0.05) is 0 Å². The van der Waals surface area contributed by atoms with Crippen LogP contribution in [0.15, 0.2) is 47.4 Å². The SMILES string of the molecule is O=C(Nc1ccc(C(F)(F)F)cc1)C1CCN(S(=O)(=O)c2ccc3c(c2)OCCCO3)CC1. The van der Waals surface area contributed by atoms with Crippen molar-refractivity contribution in [3.8, 4) is 11.5 Å². The van der Waals surface area contributed by atoms with E-state index >= 15 is 0 Å². The van der Waals surface area contributed by atoms with Crippen LogP contribution in [-0.4, -0.2) is 44.9 Å². The van der Waals surface area contributed by atoms with Crippen LogP contribution in [0.25, 0.3) is 0 Å². The zero-order chi connectivity index (χ0) is 23.6. The highest BCUT2D eigenvalue weighted by atomic mass is 32.2. The minimum atomic E-state index is -4.45. The second-order valence-electron chi connectivity index (χ2n) is 7.90. The summed E-state index contributed by atoms with van der Waals surface area (Å²) < 4.78 is 76.6. The summed E-state index contributed by atoms with van der Waals surface area (Å²) in [4.78, 5) is 12.6. The van der Waals surface area contributed by atoms with E-state index in [0.717, 1.165) is 12.1 Å². The van der Waals surface area contributed by atoms with E-state index in [4.69, 9.17) is 9.47 Å². The van der Waals surface area contributed by atoms with Gasteiger partial charge in [0.25, 0.3) is 0 Å². The average molecular weight is 484 g/mol. The monoisotopic (exact) mass is 484 g/mol. The maximum Gasteiger partial charge on any atom is 0.416 e. The van der Waals surface area contributed by atoms with Crippen LogP contribution < -0.4 is 14.8 Å². The molecule has 4 rings (SSSR count). The van der Waals surface area contributed by atoms with Crippen molar-refractivity contribution in [3.05, 3.63) is 48.0 Å². The summed E-state index contributed by atoms with van der Waals surface area (Å²) >= 11 is 0. The van der Waals surface area contributed by atoms with Gasteiger partial charge in [0.1, 0.15) is 0 Å². The van der Waals surface area contributed by atoms with Gasteiger partial charge in [-0.3, -0.25) is 4.79 Å². The van der Waals surface area contributed by atoms with Gasteiger partial charge in [-0.25, -0.2) is 8.42 Å². The van der Waals surface area contributed by atoms with Gasteiger partial charge in [-0.2, -0.15) is 17.5 Å². The lowest BCUT2D eigenvalue weighted by Crippen LogP contribution is -2.41. The van der Waals surface area contributed by atoms with E-state index in [1.165, 1.54) is 28.6 Å². The zero-order valence-electron chi connectivity index (χ0n) is 17.6. The standard InChI is InChI=1S/C22H23F3N2O5S/c23-22(24,25)16-2-4-17(5-3-16)26-21(28)15-8-10-27(11-9-15)33(29,30)18-6-7-19-20(14-18)32-13-1-12-31-19/h2-7,14-15H,1,8-13H2,(H,26,28). The highest BCUT2D eigenvalue weighted by Gasteiger charge is 2.33. The van der Waals surface area contributed by atoms with Crippen molar-refractivity contribution in [2.45, 2.75) is 30.3 Å². The van der Waals surface area contributed by atoms with E-state index in [9.17, 15) is 26.4 Å². The number of piperidine rings is 1. The molecular weight excluding hydrogens is 461 g/mol. The molecule has 0 spiro atoms. The molecule has 2 aliphatic rings. The summed E-state index contributed by atoms with van der Waals surface area (Å²) in [7, 11) is -3.77. The van der Waals surface area contributed by atoms with E-state index in [0.29, 0.717) is 44.0 Å². The number of anilines is 1. The van der Waals surface area contributed by atoms with E-state index in [1.807, 2.05) is 0 Å². The maximum atomic E-state index is 13.1. The number of nitrogens with zero attached hydrogens (tertiary/aromatic N) is 1. The first-order chi connectivity index (χ1) is 15.6. The quantitative estimate of drug-likeness (QED) is 0.712. The Labute approximate surface area is 189 Å². The number of rotatable bonds is 4. The van der Waals surface area contributed by atoms with Gasteiger partial charge in [0.2, 0.25) is 15.9 Å². The summed E-state index contributed by atoms with van der Waals surface area (Å²) in [5.41, 5.74) is -0.538. The van der Waals surface area contributed by atoms with Crippen molar-refractivity contribution in [2.24, 2.45) is 5.92 Å². The number of hydrogen-bond donors (Lipinski definition) is 1. The summed E-state index contributed by atoms with van der Waals surface area (Å²) in [5.74, 6) is 0.106. The van der Waals surface area contributed by atoms with Gasteiger partial charge >= 0.3 is 6.18 Å². The second-order valence-corrected chi connectivity index (χ2v) is 9.84. The van der Waals surface area contributed by atoms with Crippen LogP contribution in [0.5, 0.6) is 11.5 Å². The lowest BCUT2D eigenvalue weighted by atomic mass is 9.97. The van der Waals surface area contributed by atoms with Crippen molar-refractivity contribution in [3.63, 3.8) is 0 Å². The largest absolute Gasteiger partial charge is 0.490 e. The lowest BCUT2D eigenvalue weighted by molar-refractivity contribution is -0.137. The molecular formula is C22H23F3N2O5S. The zero-order valence-corrected chi connectivity index (χ0v) is 18.4. The third-order valence-electron chi connectivity index (χ3n) is 5.66. The van der Waals surface area contributed by atoms with Crippen LogP contribution in [0.3, 0.4) is 0 Å². The predicted octanol–water partition coefficient (Wildman–Crippen LogP) is 3.91. The number of benzene rings is 2. The topological polar surface area (TPSA) is 84.9 Å². The fourth-order valence-corrected chi connectivity index (χ4v) is 5.28. The molecule has 33 heavy (non-hydrogen) atoms. The average Bonchev–Trinajstić information content (AvgIpc) is 3.04. The molecule has 0 bridgehead atoms. The third kappa shape index (κ3) is 5.25. The fourth-order valence-electron chi connectivity index (χ4n) is 3.80. The highest BCUT2D eigenvalue weighted by molar-refractivity contribution is 7.89. The fraction of sp³-hybridized carbons (Fsp3) is 0.409. The Kier molecular flexibility index (Phi) is 6.53. The Balaban J connectivity index is 1.37. The molecule has 0 saturated carbocycles. The molecule has 2 heterocycles. The third-order valence-corrected chi connectivity index (χ3v) is 7.56. The second kappa shape index (κ2) is 9.22. The molecule has 7 nitrogen and oxygen atoms in total. The summed E-state index contributed by atoms with van der Waals surface area (Å²) in [5, 5.41) is 2.61. The van der Waals surface area contributed by atoms with Crippen LogP contribution >= 0.6 is 0 Å². The molecule has 1 fully saturated rings. The van der Waals surface area contributed by atoms with Crippen LogP contribution in [0, 0.1) is 5.92 Å². The van der Waals surface area contributed by atoms with Gasteiger partial charge in [-0.15, -0.1) is 0 Å². The summed E-state index contributed by atoms with van der Waals surface area (Å²) in [6.45, 7) is 1.25. The number of amides is 1. The molecule has 178 valence electrons. The number of fused-ring (bicyclic) bond motifs is 1. The van der Waals surface area contributed by atoms with Crippen molar-refractivity contribution in [1.29, 1.82) is 0 Å². The molecule has 2 aromatic rings. The number of ether oxygens (including phenoxy) is 2. The van der Waals surface area contributed by atoms with Crippen molar-refractivity contribution < 1.29 is 35.9 Å². The van der Waals surface area contributed by atoms with Crippen molar-refractivity contribution in [1.82, 2.24) is 4.31 Å². The van der Waals surface area contributed by atoms with Crippen LogP contribution in [0.2, 0.25) is 0 Å². The number of halogens is 3. The van der Waals surface area contributed by atoms with Crippen LogP contribution in [-0.2, 0) is 21.0 Å². The lowest BCUT2D eigenvalue weighted by Gasteiger charge is -2.30. The van der Waals surface area contributed by atoms with Gasteiger partial charge in [0.15, 0.2) is 11.5 Å². The number of hydrogen-bond acceptors (Lipinski definition) is 5. The van der Waals surface area contributed by atoms with Gasteiger partial charge in [0, 0.05) is 37.2 Å². The van der Waals surface area contributed by atoms with E-state index in [2.05, 4.69) is 5.32 Å². The maximum absolute atomic E-state index is 13.1. The Morgan fingerprint density at radius 1 is 0.970 bits per heavy atom. The molecule has 1 N–H and O–H groups in total. The smallest absolute Gasteiger partial charge is 0.416 e. The van der Waals surface area contributed by atoms with Gasteiger partial charge < -0.3 is 14.8 Å². The molecule has 0 aliphatic carbocycles. The van der Waals surface area contributed by atoms with Crippen LogP contribution in [0.4, 0.5) is 18.9 Å². The molecule has 1 amide bonds. The Hall–Kier alpha value is -2.79. The molecule has 2 aromatic carbocycles. The first kappa shape index (κ1) is 23.4. The minimum Gasteiger partial charge on any atom is -0.490 e. The number of sulfonamides is 1. The van der Waals surface area contributed by atoms with Gasteiger partial charge in [-0.05, 0) is 49.2 Å². The predicted molar refractivity (Wildman–Crippen MR) is 114 cm³/mol. The van der Waals surface area contributed by atoms with Gasteiger partial charge in [0.05, 0.1) is 23.7 Å². The molecule has 0 aromatic heterocycles. The van der Waals surface area contributed by atoms with Crippen molar-refractivity contribution >= 4 is 21.6 Å². The molecule has 0 atom stereocenters. The molecule has 2 aliphatic heterocycles. The Bertz CT molecular complexity index is 1110. The molecule has 1 saturated heterocycles. The number of alkyl halides is 3. The first-order valence-corrected chi connectivity index (χ1v) is 12.0. The normalized spacial score (nSPS) is 17.9. The number of carbonyl (C=O) groups excluding carboxylic acids is 1.